The van der Waals surface area contributed by atoms with Crippen molar-refractivity contribution < 1.29 is 9.59 Å². The van der Waals surface area contributed by atoms with Crippen molar-refractivity contribution in [2.45, 2.75) is 32.7 Å². The molecule has 3 rings (SSSR count). The molecule has 0 aromatic heterocycles. The van der Waals surface area contributed by atoms with E-state index in [1.807, 2.05) is 50.3 Å². The van der Waals surface area contributed by atoms with Crippen LogP contribution in [0.5, 0.6) is 0 Å². The van der Waals surface area contributed by atoms with Crippen LogP contribution in [0.3, 0.4) is 0 Å². The van der Waals surface area contributed by atoms with E-state index in [1.165, 1.54) is 10.5 Å². The van der Waals surface area contributed by atoms with Gasteiger partial charge in [0.15, 0.2) is 0 Å². The van der Waals surface area contributed by atoms with Crippen LogP contribution in [0.2, 0.25) is 0 Å². The van der Waals surface area contributed by atoms with Gasteiger partial charge in [0.1, 0.15) is 0 Å². The summed E-state index contributed by atoms with van der Waals surface area (Å²) in [6, 6.07) is 7.86. The molecule has 0 unspecified atom stereocenters. The van der Waals surface area contributed by atoms with Gasteiger partial charge in [0.2, 0.25) is 11.8 Å². The van der Waals surface area contributed by atoms with Crippen LogP contribution in [0.1, 0.15) is 36.9 Å². The highest BCUT2D eigenvalue weighted by Crippen LogP contribution is 2.39. The Labute approximate surface area is 119 Å². The van der Waals surface area contributed by atoms with E-state index in [9.17, 15) is 9.59 Å². The molecule has 1 aliphatic carbocycles. The van der Waals surface area contributed by atoms with Gasteiger partial charge in [0.05, 0.1) is 17.9 Å². The van der Waals surface area contributed by atoms with E-state index < -0.39 is 0 Å². The van der Waals surface area contributed by atoms with Crippen LogP contribution >= 0.6 is 0 Å². The van der Waals surface area contributed by atoms with Gasteiger partial charge < -0.3 is 0 Å². The van der Waals surface area contributed by atoms with E-state index in [0.29, 0.717) is 12.8 Å². The summed E-state index contributed by atoms with van der Waals surface area (Å²) in [5.41, 5.74) is 2.20. The molecule has 3 heteroatoms. The number of aryl methyl sites for hydroxylation is 1. The van der Waals surface area contributed by atoms with E-state index in [1.54, 1.807) is 0 Å². The normalized spacial score (nSPS) is 26.8. The number of likely N-dealkylation sites (tertiary alicyclic amines) is 1. The molecule has 2 aliphatic rings. The molecule has 0 N–H and O–H groups in total. The quantitative estimate of drug-likeness (QED) is 0.611. The number of benzene rings is 1. The first-order valence-electron chi connectivity index (χ1n) is 7.18. The van der Waals surface area contributed by atoms with Crippen molar-refractivity contribution in [2.24, 2.45) is 11.8 Å². The maximum absolute atomic E-state index is 12.5. The molecule has 20 heavy (non-hydrogen) atoms. The van der Waals surface area contributed by atoms with Crippen molar-refractivity contribution in [1.82, 2.24) is 4.90 Å². The number of carbonyl (C=O) groups excluding carboxylic acids is 2. The van der Waals surface area contributed by atoms with Crippen molar-refractivity contribution in [3.05, 3.63) is 47.5 Å². The van der Waals surface area contributed by atoms with Crippen molar-refractivity contribution >= 4 is 11.8 Å². The van der Waals surface area contributed by atoms with E-state index in [4.69, 9.17) is 0 Å². The summed E-state index contributed by atoms with van der Waals surface area (Å²) in [5.74, 6) is -0.282. The van der Waals surface area contributed by atoms with Crippen LogP contribution in [-0.4, -0.2) is 16.7 Å². The molecule has 0 radical (unpaired) electrons. The lowest BCUT2D eigenvalue weighted by Gasteiger charge is -2.23. The Morgan fingerprint density at radius 3 is 2.00 bits per heavy atom. The van der Waals surface area contributed by atoms with Gasteiger partial charge in [0, 0.05) is 0 Å². The van der Waals surface area contributed by atoms with Crippen LogP contribution < -0.4 is 0 Å². The summed E-state index contributed by atoms with van der Waals surface area (Å²) in [4.78, 5) is 26.5. The molecule has 0 saturated carbocycles. The van der Waals surface area contributed by atoms with Crippen molar-refractivity contribution in [2.75, 3.05) is 0 Å². The van der Waals surface area contributed by atoms with E-state index >= 15 is 0 Å². The van der Waals surface area contributed by atoms with Crippen LogP contribution in [0.4, 0.5) is 0 Å². The minimum Gasteiger partial charge on any atom is -0.275 e. The highest BCUT2D eigenvalue weighted by Gasteiger charge is 2.48. The topological polar surface area (TPSA) is 37.4 Å². The largest absolute Gasteiger partial charge is 0.275 e. The van der Waals surface area contributed by atoms with Crippen molar-refractivity contribution in [1.29, 1.82) is 0 Å². The fraction of sp³-hybridized carbons (Fsp3) is 0.412. The summed E-state index contributed by atoms with van der Waals surface area (Å²) in [6.45, 7) is 3.96. The molecule has 0 spiro atoms. The Hall–Kier alpha value is -1.90. The van der Waals surface area contributed by atoms with Gasteiger partial charge in [-0.15, -0.1) is 0 Å². The fourth-order valence-electron chi connectivity index (χ4n) is 3.20. The Bertz CT molecular complexity index is 547. The Balaban J connectivity index is 1.88. The SMILES string of the molecule is Cc1ccc([C@H](C)N2C(=O)[C@H]3CC=CC[C@@H]3C2=O)cc1. The van der Waals surface area contributed by atoms with E-state index in [-0.39, 0.29) is 29.7 Å². The van der Waals surface area contributed by atoms with Gasteiger partial charge in [-0.25, -0.2) is 0 Å². The lowest BCUT2D eigenvalue weighted by Crippen LogP contribution is -2.33. The molecule has 3 nitrogen and oxygen atoms in total. The van der Waals surface area contributed by atoms with Crippen LogP contribution in [0.15, 0.2) is 36.4 Å². The van der Waals surface area contributed by atoms with Crippen LogP contribution in [0.25, 0.3) is 0 Å². The second-order valence-electron chi connectivity index (χ2n) is 5.79. The van der Waals surface area contributed by atoms with Gasteiger partial charge in [-0.05, 0) is 32.3 Å². The van der Waals surface area contributed by atoms with Gasteiger partial charge in [-0.3, -0.25) is 14.5 Å². The molecule has 1 fully saturated rings. The Kier molecular flexibility index (Phi) is 3.20. The molecular formula is C17H19NO2. The molecule has 1 saturated heterocycles. The molecule has 1 aliphatic heterocycles. The number of hydrogen-bond donors (Lipinski definition) is 0. The fourth-order valence-corrected chi connectivity index (χ4v) is 3.20. The zero-order chi connectivity index (χ0) is 14.3. The second-order valence-corrected chi connectivity index (χ2v) is 5.79. The number of fused-ring (bicyclic) bond motifs is 1. The predicted molar refractivity (Wildman–Crippen MR) is 76.8 cm³/mol. The lowest BCUT2D eigenvalue weighted by molar-refractivity contribution is -0.142. The summed E-state index contributed by atoms with van der Waals surface area (Å²) in [7, 11) is 0. The maximum Gasteiger partial charge on any atom is 0.233 e. The third-order valence-electron chi connectivity index (χ3n) is 4.49. The van der Waals surface area contributed by atoms with Crippen LogP contribution in [-0.2, 0) is 9.59 Å². The summed E-state index contributed by atoms with van der Waals surface area (Å²) in [6.07, 6.45) is 5.44. The first kappa shape index (κ1) is 13.1. The summed E-state index contributed by atoms with van der Waals surface area (Å²) in [5, 5.41) is 0. The predicted octanol–water partition coefficient (Wildman–Crippen LogP) is 3.01. The van der Waals surface area contributed by atoms with Crippen LogP contribution in [0, 0.1) is 18.8 Å². The number of hydrogen-bond acceptors (Lipinski definition) is 2. The lowest BCUT2D eigenvalue weighted by atomic mass is 9.85. The minimum absolute atomic E-state index is 0.00238. The average Bonchev–Trinajstić information content (AvgIpc) is 2.72. The van der Waals surface area contributed by atoms with E-state index in [0.717, 1.165) is 5.56 Å². The third kappa shape index (κ3) is 1.98. The number of imide groups is 1. The van der Waals surface area contributed by atoms with Gasteiger partial charge in [-0.2, -0.15) is 0 Å². The molecule has 1 aromatic rings. The smallest absolute Gasteiger partial charge is 0.233 e. The molecule has 3 atom stereocenters. The van der Waals surface area contributed by atoms with Gasteiger partial charge in [0.25, 0.3) is 0 Å². The standard InChI is InChI=1S/C17H19NO2/c1-11-7-9-13(10-8-11)12(2)18-16(19)14-5-3-4-6-15(14)17(18)20/h3-4,7-10,12,14-15H,5-6H2,1-2H3/t12-,14-,15-/m0/s1. The molecule has 1 heterocycles. The number of amides is 2. The third-order valence-corrected chi connectivity index (χ3v) is 4.49. The maximum atomic E-state index is 12.5. The van der Waals surface area contributed by atoms with E-state index in [2.05, 4.69) is 0 Å². The van der Waals surface area contributed by atoms with Gasteiger partial charge >= 0.3 is 0 Å². The number of allylic oxidation sites excluding steroid dienone is 2. The molecule has 104 valence electrons. The highest BCUT2D eigenvalue weighted by atomic mass is 16.2. The zero-order valence-electron chi connectivity index (χ0n) is 11.9. The second kappa shape index (κ2) is 4.89. The minimum atomic E-state index is -0.179. The summed E-state index contributed by atoms with van der Waals surface area (Å²) >= 11 is 0. The summed E-state index contributed by atoms with van der Waals surface area (Å²) < 4.78 is 0. The molecule has 0 bridgehead atoms. The number of nitrogens with zero attached hydrogens (tertiary/aromatic N) is 1. The van der Waals surface area contributed by atoms with Gasteiger partial charge in [-0.1, -0.05) is 42.0 Å². The Morgan fingerprint density at radius 1 is 1.00 bits per heavy atom. The monoisotopic (exact) mass is 269 g/mol. The first-order valence-corrected chi connectivity index (χ1v) is 7.18. The highest BCUT2D eigenvalue weighted by molar-refractivity contribution is 6.05. The first-order chi connectivity index (χ1) is 9.59. The zero-order valence-corrected chi connectivity index (χ0v) is 11.9. The Morgan fingerprint density at radius 2 is 1.50 bits per heavy atom. The molecule has 1 aromatic carbocycles. The van der Waals surface area contributed by atoms with Crippen molar-refractivity contribution in [3.8, 4) is 0 Å². The number of carbonyl (C=O) groups is 2. The molecular weight excluding hydrogens is 250 g/mol. The van der Waals surface area contributed by atoms with Crippen molar-refractivity contribution in [3.63, 3.8) is 0 Å². The number of rotatable bonds is 2. The average molecular weight is 269 g/mol. The molecule has 2 amide bonds.